The summed E-state index contributed by atoms with van der Waals surface area (Å²) in [6.45, 7) is 12.0. The Morgan fingerprint density at radius 2 is 1.31 bits per heavy atom. The van der Waals surface area contributed by atoms with Gasteiger partial charge >= 0.3 is 0 Å². The highest BCUT2D eigenvalue weighted by Crippen LogP contribution is 2.52. The molecule has 0 saturated heterocycles. The number of hydrogen-bond donors (Lipinski definition) is 0. The van der Waals surface area contributed by atoms with Crippen LogP contribution < -0.4 is 5.19 Å². The second-order valence-corrected chi connectivity index (χ2v) is 12.5. The number of benzene rings is 2. The van der Waals surface area contributed by atoms with Crippen LogP contribution in [0, 0.1) is 0 Å². The summed E-state index contributed by atoms with van der Waals surface area (Å²) in [5.74, 6) is 0. The van der Waals surface area contributed by atoms with Gasteiger partial charge in [0.2, 0.25) is 0 Å². The Balaban J connectivity index is 1.96. The molecule has 0 amide bonds. The van der Waals surface area contributed by atoms with Crippen molar-refractivity contribution in [3.8, 4) is 0 Å². The van der Waals surface area contributed by atoms with Gasteiger partial charge in [-0.3, -0.25) is 0 Å². The molecule has 0 aromatic heterocycles. The van der Waals surface area contributed by atoms with E-state index in [4.69, 9.17) is 0 Å². The molecule has 1 heteroatoms. The van der Waals surface area contributed by atoms with Gasteiger partial charge in [-0.15, -0.1) is 0 Å². The summed E-state index contributed by atoms with van der Waals surface area (Å²) in [6.07, 6.45) is 4.84. The first kappa shape index (κ1) is 17.3. The summed E-state index contributed by atoms with van der Waals surface area (Å²) in [7, 11) is -1.92. The quantitative estimate of drug-likeness (QED) is 0.560. The smallest absolute Gasteiger partial charge is 0.0787 e. The lowest BCUT2D eigenvalue weighted by Gasteiger charge is -2.41. The molecule has 0 saturated carbocycles. The minimum absolute atomic E-state index is 0.523. The normalized spacial score (nSPS) is 22.1. The lowest BCUT2D eigenvalue weighted by atomic mass is 10.1. The summed E-state index contributed by atoms with van der Waals surface area (Å²) >= 11 is 0. The van der Waals surface area contributed by atoms with Crippen molar-refractivity contribution in [3.05, 3.63) is 94.1 Å². The van der Waals surface area contributed by atoms with Crippen LogP contribution in [-0.2, 0) is 0 Å². The summed E-state index contributed by atoms with van der Waals surface area (Å²) in [5, 5.41) is 1.57. The maximum atomic E-state index is 2.61. The molecule has 0 fully saturated rings. The van der Waals surface area contributed by atoms with E-state index < -0.39 is 8.07 Å². The van der Waals surface area contributed by atoms with Gasteiger partial charge in [-0.2, -0.15) is 0 Å². The van der Waals surface area contributed by atoms with Crippen molar-refractivity contribution >= 4 is 19.3 Å². The van der Waals surface area contributed by atoms with Crippen LogP contribution in [0.5, 0.6) is 0 Å². The van der Waals surface area contributed by atoms with Gasteiger partial charge in [-0.05, 0) is 50.0 Å². The Morgan fingerprint density at radius 1 is 0.731 bits per heavy atom. The minimum atomic E-state index is -1.92. The Morgan fingerprint density at radius 3 is 1.96 bits per heavy atom. The second kappa shape index (κ2) is 6.24. The molecule has 0 spiro atoms. The molecule has 2 aliphatic rings. The molecule has 0 nitrogen and oxygen atoms in total. The van der Waals surface area contributed by atoms with E-state index >= 15 is 0 Å². The largest absolute Gasteiger partial charge is 0.106 e. The summed E-state index contributed by atoms with van der Waals surface area (Å²) in [5.41, 5.74) is 10.2. The van der Waals surface area contributed by atoms with Gasteiger partial charge in [-0.1, -0.05) is 89.6 Å². The van der Waals surface area contributed by atoms with Crippen LogP contribution in [-0.4, -0.2) is 8.07 Å². The van der Waals surface area contributed by atoms with Gasteiger partial charge in [0.05, 0.1) is 0 Å². The SMILES string of the molecule is CC1=C(C)C([Si](C)(c2ccccc2)C2C=Cc3ccccc32)C(C)=C1C. The van der Waals surface area contributed by atoms with E-state index in [1.165, 1.54) is 22.3 Å². The van der Waals surface area contributed by atoms with Crippen LogP contribution in [0.4, 0.5) is 0 Å². The molecule has 2 aliphatic carbocycles. The van der Waals surface area contributed by atoms with Crippen LogP contribution in [0.25, 0.3) is 6.08 Å². The van der Waals surface area contributed by atoms with Gasteiger partial charge in [-0.25, -0.2) is 0 Å². The van der Waals surface area contributed by atoms with Gasteiger partial charge in [0.15, 0.2) is 0 Å². The zero-order chi connectivity index (χ0) is 18.5. The van der Waals surface area contributed by atoms with Gasteiger partial charge in [0, 0.05) is 11.1 Å². The number of fused-ring (bicyclic) bond motifs is 1. The molecule has 132 valence electrons. The van der Waals surface area contributed by atoms with Crippen LogP contribution >= 0.6 is 0 Å². The Kier molecular flexibility index (Phi) is 4.15. The maximum Gasteiger partial charge on any atom is 0.106 e. The molecule has 0 radical (unpaired) electrons. The van der Waals surface area contributed by atoms with E-state index in [1.54, 1.807) is 16.3 Å². The van der Waals surface area contributed by atoms with Crippen molar-refractivity contribution in [2.45, 2.75) is 45.3 Å². The van der Waals surface area contributed by atoms with E-state index in [0.29, 0.717) is 11.1 Å². The topological polar surface area (TPSA) is 0 Å². The summed E-state index contributed by atoms with van der Waals surface area (Å²) < 4.78 is 0. The molecule has 2 atom stereocenters. The van der Waals surface area contributed by atoms with Gasteiger partial charge < -0.3 is 0 Å². The van der Waals surface area contributed by atoms with Crippen molar-refractivity contribution < 1.29 is 0 Å². The fourth-order valence-corrected chi connectivity index (χ4v) is 10.9. The first-order valence-electron chi connectivity index (χ1n) is 9.64. The predicted molar refractivity (Wildman–Crippen MR) is 116 cm³/mol. The van der Waals surface area contributed by atoms with Crippen LogP contribution in [0.1, 0.15) is 44.4 Å². The predicted octanol–water partition coefficient (Wildman–Crippen LogP) is 6.38. The van der Waals surface area contributed by atoms with E-state index in [-0.39, 0.29) is 0 Å². The van der Waals surface area contributed by atoms with Crippen molar-refractivity contribution in [1.82, 2.24) is 0 Å². The van der Waals surface area contributed by atoms with Gasteiger partial charge in [0.1, 0.15) is 8.07 Å². The highest BCUT2D eigenvalue weighted by atomic mass is 28.3. The maximum absolute atomic E-state index is 2.61. The zero-order valence-corrected chi connectivity index (χ0v) is 17.5. The van der Waals surface area contributed by atoms with Crippen molar-refractivity contribution in [2.75, 3.05) is 0 Å². The van der Waals surface area contributed by atoms with E-state index in [1.807, 2.05) is 0 Å². The lowest BCUT2D eigenvalue weighted by molar-refractivity contribution is 1.01. The second-order valence-electron chi connectivity index (χ2n) is 8.16. The molecular weight excluding hydrogens is 328 g/mol. The number of rotatable bonds is 3. The van der Waals surface area contributed by atoms with Crippen molar-refractivity contribution in [1.29, 1.82) is 0 Å². The molecule has 0 aliphatic heterocycles. The highest BCUT2D eigenvalue weighted by molar-refractivity contribution is 6.94. The minimum Gasteiger partial charge on any atom is -0.0787 e. The molecule has 4 rings (SSSR count). The van der Waals surface area contributed by atoms with E-state index in [2.05, 4.69) is 101 Å². The molecule has 2 aromatic carbocycles. The fraction of sp³-hybridized carbons (Fsp3) is 0.280. The van der Waals surface area contributed by atoms with E-state index in [0.717, 1.165) is 0 Å². The van der Waals surface area contributed by atoms with Crippen molar-refractivity contribution in [3.63, 3.8) is 0 Å². The lowest BCUT2D eigenvalue weighted by Crippen LogP contribution is -2.54. The Labute approximate surface area is 159 Å². The standard InChI is InChI=1S/C25H28Si/c1-17-18(2)20(4)25(19(17)3)26(5,22-12-7-6-8-13-22)24-16-15-21-11-9-10-14-23(21)24/h6-16,24-25H,1-5H3. The average molecular weight is 357 g/mol. The average Bonchev–Trinajstić information content (AvgIpc) is 3.19. The third-order valence-corrected chi connectivity index (χ3v) is 12.5. The number of allylic oxidation sites excluding steroid dienone is 5. The molecule has 0 N–H and O–H groups in total. The molecule has 26 heavy (non-hydrogen) atoms. The summed E-state index contributed by atoms with van der Waals surface area (Å²) in [6, 6.07) is 20.3. The summed E-state index contributed by atoms with van der Waals surface area (Å²) in [4.78, 5) is 0. The molecule has 2 unspecified atom stereocenters. The van der Waals surface area contributed by atoms with Crippen molar-refractivity contribution in [2.24, 2.45) is 0 Å². The first-order chi connectivity index (χ1) is 12.5. The monoisotopic (exact) mass is 356 g/mol. The fourth-order valence-electron chi connectivity index (χ4n) is 5.34. The number of hydrogen-bond acceptors (Lipinski definition) is 0. The molecule has 2 aromatic rings. The first-order valence-corrected chi connectivity index (χ1v) is 12.3. The van der Waals surface area contributed by atoms with E-state index in [9.17, 15) is 0 Å². The van der Waals surface area contributed by atoms with Crippen LogP contribution in [0.15, 0.2) is 83.0 Å². The zero-order valence-electron chi connectivity index (χ0n) is 16.5. The van der Waals surface area contributed by atoms with Gasteiger partial charge in [0.25, 0.3) is 0 Å². The van der Waals surface area contributed by atoms with Crippen LogP contribution in [0.3, 0.4) is 0 Å². The third kappa shape index (κ3) is 2.34. The van der Waals surface area contributed by atoms with Crippen LogP contribution in [0.2, 0.25) is 12.1 Å². The Hall–Kier alpha value is -2.12. The third-order valence-electron chi connectivity index (χ3n) is 7.05. The molecule has 0 bridgehead atoms. The molecular formula is C25H28Si. The highest BCUT2D eigenvalue weighted by Gasteiger charge is 2.49. The Bertz CT molecular complexity index is 921. The molecule has 0 heterocycles.